The molecular weight excluding hydrogens is 392 g/mol. The average Bonchev–Trinajstić information content (AvgIpc) is 3.34. The average molecular weight is 435 g/mol. The molecule has 2 aliphatic heterocycles. The molecule has 8 heteroatoms. The van der Waals surface area contributed by atoms with Crippen molar-refractivity contribution in [1.29, 1.82) is 0 Å². The van der Waals surface area contributed by atoms with E-state index in [1.54, 1.807) is 0 Å². The third-order valence-corrected chi connectivity index (χ3v) is 5.58. The van der Waals surface area contributed by atoms with Crippen LogP contribution in [0.3, 0.4) is 0 Å². The molecule has 0 amide bonds. The standard InChI is InChI=1S/C14H28O2.C8H14O6/c1-2-3-4-5-6-7-8-9-10-11-12-13-14(15)16;9-4-8(13-1-2-14-8)7-6(11)5(10)3-12-7/h2-13H2,1H3,(H,15,16);5-7,9-11H,1-4H2/t;5-,6+,7-/m.0/s1. The number of hydrogen-bond acceptors (Lipinski definition) is 7. The predicted octanol–water partition coefficient (Wildman–Crippen LogP) is 2.61. The highest BCUT2D eigenvalue weighted by atomic mass is 16.8. The van der Waals surface area contributed by atoms with Crippen LogP contribution in [0.15, 0.2) is 0 Å². The lowest BCUT2D eigenvalue weighted by Crippen LogP contribution is -2.52. The molecule has 2 fully saturated rings. The maximum Gasteiger partial charge on any atom is 0.303 e. The van der Waals surface area contributed by atoms with Crippen molar-refractivity contribution in [2.45, 2.75) is 108 Å². The number of carboxylic acid groups (broad SMARTS) is 1. The van der Waals surface area contributed by atoms with Crippen LogP contribution in [0, 0.1) is 0 Å². The molecule has 30 heavy (non-hydrogen) atoms. The Morgan fingerprint density at radius 1 is 0.900 bits per heavy atom. The summed E-state index contributed by atoms with van der Waals surface area (Å²) >= 11 is 0. The van der Waals surface area contributed by atoms with E-state index in [-0.39, 0.29) is 6.61 Å². The number of carboxylic acids is 1. The first kappa shape index (κ1) is 27.3. The van der Waals surface area contributed by atoms with Crippen LogP contribution in [0.1, 0.15) is 84.0 Å². The number of aliphatic carboxylic acids is 1. The van der Waals surface area contributed by atoms with E-state index in [1.165, 1.54) is 57.8 Å². The van der Waals surface area contributed by atoms with Crippen molar-refractivity contribution in [3.05, 3.63) is 0 Å². The number of unbranched alkanes of at least 4 members (excludes halogenated alkanes) is 10. The van der Waals surface area contributed by atoms with Crippen molar-refractivity contribution in [3.63, 3.8) is 0 Å². The summed E-state index contributed by atoms with van der Waals surface area (Å²) in [4.78, 5) is 10.3. The summed E-state index contributed by atoms with van der Waals surface area (Å²) in [5.74, 6) is -1.97. The quantitative estimate of drug-likeness (QED) is 0.307. The van der Waals surface area contributed by atoms with Crippen molar-refractivity contribution in [1.82, 2.24) is 0 Å². The third-order valence-electron chi connectivity index (χ3n) is 5.58. The molecule has 0 spiro atoms. The second-order valence-electron chi connectivity index (χ2n) is 8.16. The highest BCUT2D eigenvalue weighted by Crippen LogP contribution is 2.31. The van der Waals surface area contributed by atoms with E-state index < -0.39 is 36.7 Å². The van der Waals surface area contributed by atoms with Crippen LogP contribution >= 0.6 is 0 Å². The lowest BCUT2D eigenvalue weighted by Gasteiger charge is -2.32. The van der Waals surface area contributed by atoms with Gasteiger partial charge in [0.15, 0.2) is 0 Å². The summed E-state index contributed by atoms with van der Waals surface area (Å²) in [5.41, 5.74) is 0. The topological polar surface area (TPSA) is 126 Å². The minimum atomic E-state index is -1.31. The maximum atomic E-state index is 10.3. The van der Waals surface area contributed by atoms with Crippen LogP contribution in [0.5, 0.6) is 0 Å². The number of ether oxygens (including phenoxy) is 3. The zero-order chi connectivity index (χ0) is 22.2. The highest BCUT2D eigenvalue weighted by molar-refractivity contribution is 5.66. The fourth-order valence-electron chi connectivity index (χ4n) is 3.74. The van der Waals surface area contributed by atoms with Crippen LogP contribution in [-0.4, -0.2) is 76.9 Å². The molecule has 0 aliphatic carbocycles. The van der Waals surface area contributed by atoms with Crippen molar-refractivity contribution in [3.8, 4) is 0 Å². The molecular formula is C22H42O8. The molecule has 2 rings (SSSR count). The summed E-state index contributed by atoms with van der Waals surface area (Å²) < 4.78 is 15.6. The lowest BCUT2D eigenvalue weighted by atomic mass is 10.0. The van der Waals surface area contributed by atoms with Crippen LogP contribution < -0.4 is 0 Å². The number of carbonyl (C=O) groups is 1. The van der Waals surface area contributed by atoms with Gasteiger partial charge < -0.3 is 34.6 Å². The number of rotatable bonds is 14. The molecule has 178 valence electrons. The SMILES string of the molecule is CCCCCCCCCCCCCC(=O)O.OCC1([C@H]2OC[C@H](O)[C@H]2O)OCCO1. The minimum Gasteiger partial charge on any atom is -0.481 e. The Hall–Kier alpha value is -0.770. The van der Waals surface area contributed by atoms with Crippen LogP contribution in [0.4, 0.5) is 0 Å². The Morgan fingerprint density at radius 2 is 1.40 bits per heavy atom. The molecule has 0 aromatic rings. The molecule has 2 saturated heterocycles. The van der Waals surface area contributed by atoms with Gasteiger partial charge in [0.25, 0.3) is 0 Å². The van der Waals surface area contributed by atoms with E-state index in [0.29, 0.717) is 19.6 Å². The molecule has 4 N–H and O–H groups in total. The Kier molecular flexibility index (Phi) is 14.5. The van der Waals surface area contributed by atoms with Crippen LogP contribution in [-0.2, 0) is 19.0 Å². The first-order chi connectivity index (χ1) is 14.5. The third kappa shape index (κ3) is 10.0. The second-order valence-corrected chi connectivity index (χ2v) is 8.16. The van der Waals surface area contributed by atoms with Crippen molar-refractivity contribution >= 4 is 5.97 Å². The lowest BCUT2D eigenvalue weighted by molar-refractivity contribution is -0.254. The maximum absolute atomic E-state index is 10.3. The molecule has 3 atom stereocenters. The number of aliphatic hydroxyl groups excluding tert-OH is 3. The molecule has 0 radical (unpaired) electrons. The molecule has 0 aromatic carbocycles. The zero-order valence-corrected chi connectivity index (χ0v) is 18.5. The summed E-state index contributed by atoms with van der Waals surface area (Å²) in [5, 5.41) is 36.5. The number of aliphatic hydroxyl groups is 3. The first-order valence-corrected chi connectivity index (χ1v) is 11.5. The van der Waals surface area contributed by atoms with Gasteiger partial charge in [0.2, 0.25) is 5.79 Å². The summed E-state index contributed by atoms with van der Waals surface area (Å²) in [6.07, 6.45) is 11.5. The first-order valence-electron chi connectivity index (χ1n) is 11.5. The predicted molar refractivity (Wildman–Crippen MR) is 112 cm³/mol. The van der Waals surface area contributed by atoms with E-state index in [2.05, 4.69) is 6.92 Å². The van der Waals surface area contributed by atoms with Gasteiger partial charge in [0.1, 0.15) is 24.9 Å². The van der Waals surface area contributed by atoms with Crippen LogP contribution in [0.2, 0.25) is 0 Å². The summed E-state index contributed by atoms with van der Waals surface area (Å²) in [7, 11) is 0. The van der Waals surface area contributed by atoms with E-state index in [4.69, 9.17) is 24.4 Å². The van der Waals surface area contributed by atoms with E-state index in [0.717, 1.165) is 12.8 Å². The molecule has 0 unspecified atom stereocenters. The largest absolute Gasteiger partial charge is 0.481 e. The molecule has 0 saturated carbocycles. The van der Waals surface area contributed by atoms with Gasteiger partial charge in [-0.2, -0.15) is 0 Å². The van der Waals surface area contributed by atoms with Crippen molar-refractivity contribution in [2.75, 3.05) is 26.4 Å². The van der Waals surface area contributed by atoms with Gasteiger partial charge in [0, 0.05) is 6.42 Å². The molecule has 8 nitrogen and oxygen atoms in total. The molecule has 0 aromatic heterocycles. The van der Waals surface area contributed by atoms with E-state index in [9.17, 15) is 15.0 Å². The Balaban J connectivity index is 0.000000301. The Bertz CT molecular complexity index is 439. The second kappa shape index (κ2) is 15.9. The van der Waals surface area contributed by atoms with Crippen LogP contribution in [0.25, 0.3) is 0 Å². The van der Waals surface area contributed by atoms with E-state index >= 15 is 0 Å². The van der Waals surface area contributed by atoms with Gasteiger partial charge in [-0.1, -0.05) is 71.1 Å². The van der Waals surface area contributed by atoms with E-state index in [1.807, 2.05) is 0 Å². The van der Waals surface area contributed by atoms with Gasteiger partial charge in [-0.25, -0.2) is 0 Å². The number of hydrogen-bond donors (Lipinski definition) is 4. The van der Waals surface area contributed by atoms with Gasteiger partial charge in [-0.15, -0.1) is 0 Å². The van der Waals surface area contributed by atoms with Gasteiger partial charge in [0.05, 0.1) is 19.8 Å². The summed E-state index contributed by atoms with van der Waals surface area (Å²) in [6, 6.07) is 0. The van der Waals surface area contributed by atoms with Gasteiger partial charge >= 0.3 is 5.97 Å². The monoisotopic (exact) mass is 434 g/mol. The molecule has 0 bridgehead atoms. The molecule has 2 aliphatic rings. The fraction of sp³-hybridized carbons (Fsp3) is 0.955. The fourth-order valence-corrected chi connectivity index (χ4v) is 3.74. The normalized spacial score (nSPS) is 25.1. The Labute approximate surface area is 180 Å². The molecule has 2 heterocycles. The van der Waals surface area contributed by atoms with Gasteiger partial charge in [-0.05, 0) is 6.42 Å². The Morgan fingerprint density at radius 3 is 1.80 bits per heavy atom. The van der Waals surface area contributed by atoms with Gasteiger partial charge in [-0.3, -0.25) is 4.79 Å². The van der Waals surface area contributed by atoms with Crippen molar-refractivity contribution in [2.24, 2.45) is 0 Å². The highest BCUT2D eigenvalue weighted by Gasteiger charge is 2.53. The zero-order valence-electron chi connectivity index (χ0n) is 18.5. The van der Waals surface area contributed by atoms with Crippen molar-refractivity contribution < 1.29 is 39.4 Å². The summed E-state index contributed by atoms with van der Waals surface area (Å²) in [6.45, 7) is 2.57. The smallest absolute Gasteiger partial charge is 0.303 e. The minimum absolute atomic E-state index is 0.0281.